The number of furan rings is 7. The van der Waals surface area contributed by atoms with Crippen LogP contribution in [0.3, 0.4) is 0 Å². The van der Waals surface area contributed by atoms with Crippen molar-refractivity contribution in [3.05, 3.63) is 382 Å². The van der Waals surface area contributed by atoms with E-state index < -0.39 is 0 Å². The molecule has 13 aromatic heterocycles. The van der Waals surface area contributed by atoms with Crippen LogP contribution in [0.1, 0.15) is 0 Å². The zero-order chi connectivity index (χ0) is 87.6. The Bertz CT molecular complexity index is 11300. The second-order valence-corrected chi connectivity index (χ2v) is 37.5. The predicted molar refractivity (Wildman–Crippen MR) is 559 cm³/mol. The molecule has 10 heteroatoms. The number of rotatable bonds is 7. The Morgan fingerprint density at radius 3 is 0.581 bits per heavy atom. The van der Waals surface area contributed by atoms with E-state index in [1.54, 1.807) is 0 Å². The smallest absolute Gasteiger partial charge is 0.160 e. The molecule has 0 aliphatic heterocycles. The third-order valence-electron chi connectivity index (χ3n) is 30.5. The molecule has 34 aromatic rings. The number of aromatic nitrogens is 3. The van der Waals surface area contributed by atoms with Crippen molar-refractivity contribution in [1.82, 2.24) is 13.2 Å². The maximum atomic E-state index is 7.42. The van der Waals surface area contributed by atoms with Crippen LogP contribution in [-0.2, 0) is 0 Å². The van der Waals surface area contributed by atoms with Gasteiger partial charge in [0.25, 0.3) is 0 Å². The molecule has 624 valence electrons. The minimum Gasteiger partial charge on any atom is -0.456 e. The van der Waals surface area contributed by atoms with Gasteiger partial charge in [0.05, 0.1) is 49.7 Å². The zero-order valence-corrected chi connectivity index (χ0v) is 72.1. The van der Waals surface area contributed by atoms with Gasteiger partial charge >= 0.3 is 0 Å². The van der Waals surface area contributed by atoms with Crippen LogP contribution in [0.2, 0.25) is 0 Å². The van der Waals surface area contributed by atoms with Gasteiger partial charge in [-0.05, 0) is 248 Å². The summed E-state index contributed by atoms with van der Waals surface area (Å²) in [7, 11) is 0. The molecule has 10 nitrogen and oxygen atoms in total. The Kier molecular flexibility index (Phi) is 13.0. The molecule has 0 amide bonds. The SMILES string of the molecule is c1ccc(-c2cc(-c3ccccc3)cc(-c3cc4c5ccc6c7ccccc7oc6c5n5c4c(c3)c3ccc4c6cc(-c7ccc8oc9c(ccc%10c%11cc(-c%12ccc%13oc%14ccccc%14c%13c%12)cc%12c%13ccc%14c%15cc(-c%16ccc%17oc%18c(ccc%19c%20cc(-c%21ccccc%21)cc%21c%22ccc%23c%24ccccc%24oc%23c%22n(c%21%20)c%19%18)c%17c%16)ccc%15oc%14c%13n(c%12%11)c%109)c8c7)ccc6oc4c35)c2)cc1. The van der Waals surface area contributed by atoms with E-state index >= 15 is 0 Å². The van der Waals surface area contributed by atoms with Crippen molar-refractivity contribution in [3.8, 4) is 77.9 Å². The minimum absolute atomic E-state index is 0.797. The molecule has 0 bridgehead atoms. The van der Waals surface area contributed by atoms with Gasteiger partial charge in [-0.2, -0.15) is 0 Å². The molecular formula is C126H63N3O7. The molecule has 0 atom stereocenters. The molecular weight excluding hydrogens is 1670 g/mol. The summed E-state index contributed by atoms with van der Waals surface area (Å²) in [5, 5.41) is 28.3. The molecule has 34 rings (SSSR count). The van der Waals surface area contributed by atoms with E-state index in [1.165, 1.54) is 27.5 Å². The minimum atomic E-state index is 0.797. The number of nitrogens with zero attached hydrogens (tertiary/aromatic N) is 3. The van der Waals surface area contributed by atoms with Gasteiger partial charge in [-0.15, -0.1) is 0 Å². The topological polar surface area (TPSA) is 105 Å². The number of benzene rings is 21. The van der Waals surface area contributed by atoms with Crippen molar-refractivity contribution >= 4 is 268 Å². The summed E-state index contributed by atoms with van der Waals surface area (Å²) in [6, 6.07) is 139. The lowest BCUT2D eigenvalue weighted by molar-refractivity contribution is 0.668. The van der Waals surface area contributed by atoms with E-state index in [2.05, 4.69) is 377 Å². The van der Waals surface area contributed by atoms with Gasteiger partial charge in [0.2, 0.25) is 0 Å². The maximum Gasteiger partial charge on any atom is 0.160 e. The average Bonchev–Trinajstić information content (AvgIpc) is 1.52. The van der Waals surface area contributed by atoms with Gasteiger partial charge in [0.15, 0.2) is 33.5 Å². The van der Waals surface area contributed by atoms with Crippen LogP contribution >= 0.6 is 0 Å². The number of hydrogen-bond acceptors (Lipinski definition) is 7. The lowest BCUT2D eigenvalue weighted by Gasteiger charge is -2.12. The highest BCUT2D eigenvalue weighted by Gasteiger charge is 2.32. The molecule has 0 spiro atoms. The van der Waals surface area contributed by atoms with Crippen molar-refractivity contribution in [3.63, 3.8) is 0 Å². The molecule has 0 aliphatic carbocycles. The first-order chi connectivity index (χ1) is 67.4. The summed E-state index contributed by atoms with van der Waals surface area (Å²) in [5.41, 5.74) is 36.8. The highest BCUT2D eigenvalue weighted by Crippen LogP contribution is 2.55. The maximum absolute atomic E-state index is 7.42. The lowest BCUT2D eigenvalue weighted by Crippen LogP contribution is -1.86. The fraction of sp³-hybridized carbons (Fsp3) is 0. The Labute approximate surface area is 766 Å². The zero-order valence-electron chi connectivity index (χ0n) is 72.1. The van der Waals surface area contributed by atoms with Gasteiger partial charge in [-0.3, -0.25) is 0 Å². The third kappa shape index (κ3) is 9.05. The van der Waals surface area contributed by atoms with Crippen LogP contribution in [0.5, 0.6) is 0 Å². The first kappa shape index (κ1) is 70.5. The van der Waals surface area contributed by atoms with Crippen LogP contribution < -0.4 is 0 Å². The van der Waals surface area contributed by atoms with E-state index in [0.29, 0.717) is 0 Å². The van der Waals surface area contributed by atoms with Gasteiger partial charge in [-0.25, -0.2) is 0 Å². The van der Waals surface area contributed by atoms with Gasteiger partial charge < -0.3 is 44.1 Å². The summed E-state index contributed by atoms with van der Waals surface area (Å²) in [6.45, 7) is 0. The predicted octanol–water partition coefficient (Wildman–Crippen LogP) is 36.1. The highest BCUT2D eigenvalue weighted by molar-refractivity contribution is 6.37. The summed E-state index contributed by atoms with van der Waals surface area (Å²) in [6.07, 6.45) is 0. The third-order valence-corrected chi connectivity index (χ3v) is 30.5. The molecule has 136 heavy (non-hydrogen) atoms. The fourth-order valence-corrected chi connectivity index (χ4v) is 24.5. The van der Waals surface area contributed by atoms with E-state index in [1.807, 2.05) is 18.2 Å². The molecule has 0 unspecified atom stereocenters. The standard InChI is InChI=1S/C126H63N3O7/c1-4-16-64(17-5-1)72-50-73(65-18-6-2-7-19-65)52-74(51-72)77-62-102-82-34-40-88-79-23-11-15-27-106(79)132-122(88)116(82)128-114(102)103(63-77)86-38-44-92-97-56-70(31-49-111(97)136-126(92)120(86)128)69-30-48-110-96(55-69)91-43-37-85-101-61-76(71-32-45-107-93(57-71)80-24-12-13-25-104(80)130-107)60-100-84-36-42-90-95-54-68(29-47-109(95)134-124(90)118(84)129(113(100)101)119(85)125(91)135-110)67-28-46-108-94(53-67)89-41-35-83-99-59-75(66-20-8-3-9-21-66)58-98-81-33-39-87-78-22-10-14-26-105(78)131-121(87)115(81)127(112(98)99)117(83)123(89)133-108/h1-63H. The highest BCUT2D eigenvalue weighted by atomic mass is 16.4. The normalized spacial score (nSPS) is 12.9. The lowest BCUT2D eigenvalue weighted by atomic mass is 9.92. The first-order valence-electron chi connectivity index (χ1n) is 46.4. The molecule has 0 saturated heterocycles. The molecule has 0 saturated carbocycles. The quantitative estimate of drug-likeness (QED) is 0.156. The average molecular weight is 1730 g/mol. The van der Waals surface area contributed by atoms with Crippen molar-refractivity contribution in [2.24, 2.45) is 0 Å². The van der Waals surface area contributed by atoms with Crippen LogP contribution in [0.4, 0.5) is 0 Å². The van der Waals surface area contributed by atoms with E-state index in [9.17, 15) is 0 Å². The van der Waals surface area contributed by atoms with Crippen molar-refractivity contribution in [1.29, 1.82) is 0 Å². The molecule has 21 aromatic carbocycles. The Morgan fingerprint density at radius 2 is 0.287 bits per heavy atom. The van der Waals surface area contributed by atoms with Crippen LogP contribution in [0.25, 0.3) is 346 Å². The fourth-order valence-electron chi connectivity index (χ4n) is 24.5. The number of hydrogen-bond donors (Lipinski definition) is 0. The molecule has 0 fully saturated rings. The Hall–Kier alpha value is -18.4. The van der Waals surface area contributed by atoms with Gasteiger partial charge in [0, 0.05) is 140 Å². The summed E-state index contributed by atoms with van der Waals surface area (Å²) in [4.78, 5) is 0. The summed E-state index contributed by atoms with van der Waals surface area (Å²) >= 11 is 0. The van der Waals surface area contributed by atoms with E-state index in [-0.39, 0.29) is 0 Å². The van der Waals surface area contributed by atoms with E-state index in [4.69, 9.17) is 30.9 Å². The van der Waals surface area contributed by atoms with Crippen LogP contribution in [0.15, 0.2) is 413 Å². The molecule has 0 aliphatic rings. The Morgan fingerprint density at radius 1 is 0.103 bits per heavy atom. The molecule has 0 N–H and O–H groups in total. The second kappa shape index (κ2) is 25.0. The largest absolute Gasteiger partial charge is 0.456 e. The molecule has 13 heterocycles. The number of para-hydroxylation sites is 3. The van der Waals surface area contributed by atoms with Gasteiger partial charge in [0.1, 0.15) is 44.7 Å². The monoisotopic (exact) mass is 1730 g/mol. The van der Waals surface area contributed by atoms with Crippen molar-refractivity contribution in [2.45, 2.75) is 0 Å². The van der Waals surface area contributed by atoms with Crippen LogP contribution in [-0.4, -0.2) is 13.2 Å². The summed E-state index contributed by atoms with van der Waals surface area (Å²) < 4.78 is 57.1. The van der Waals surface area contributed by atoms with Crippen LogP contribution in [0, 0.1) is 0 Å². The first-order valence-corrected chi connectivity index (χ1v) is 46.4. The van der Waals surface area contributed by atoms with Crippen molar-refractivity contribution in [2.75, 3.05) is 0 Å². The van der Waals surface area contributed by atoms with E-state index in [0.717, 1.165) is 318 Å². The number of fused-ring (bicyclic) bond motifs is 45. The second-order valence-electron chi connectivity index (χ2n) is 37.5. The molecule has 0 radical (unpaired) electrons. The van der Waals surface area contributed by atoms with Gasteiger partial charge in [-0.1, -0.05) is 212 Å². The summed E-state index contributed by atoms with van der Waals surface area (Å²) in [5.74, 6) is 0. The van der Waals surface area contributed by atoms with Crippen molar-refractivity contribution < 1.29 is 30.9 Å². The Balaban J connectivity index is 0.542.